The Morgan fingerprint density at radius 3 is 2.88 bits per heavy atom. The number of rotatable bonds is 3. The van der Waals surface area contributed by atoms with Crippen molar-refractivity contribution in [3.63, 3.8) is 0 Å². The number of carbonyl (C=O) groups excluding carboxylic acids is 1. The highest BCUT2D eigenvalue weighted by Crippen LogP contribution is 2.25. The third kappa shape index (κ3) is 3.21. The average molecular weight is 392 g/mol. The smallest absolute Gasteiger partial charge is 0.308 e. The number of nitrogens with zero attached hydrogens (tertiary/aromatic N) is 3. The first-order valence-corrected chi connectivity index (χ1v) is 8.61. The van der Waals surface area contributed by atoms with Crippen molar-refractivity contribution in [3.8, 4) is 5.69 Å². The van der Waals surface area contributed by atoms with Gasteiger partial charge >= 0.3 is 5.97 Å². The van der Waals surface area contributed by atoms with Crippen LogP contribution in [0, 0.1) is 5.92 Å². The number of piperidine rings is 1. The van der Waals surface area contributed by atoms with Crippen molar-refractivity contribution in [1.82, 2.24) is 14.7 Å². The zero-order valence-electron chi connectivity index (χ0n) is 13.2. The lowest BCUT2D eigenvalue weighted by atomic mass is 9.90. The summed E-state index contributed by atoms with van der Waals surface area (Å²) in [6, 6.07) is 7.30. The van der Waals surface area contributed by atoms with Gasteiger partial charge in [-0.3, -0.25) is 9.59 Å². The van der Waals surface area contributed by atoms with E-state index in [0.717, 1.165) is 10.2 Å². The van der Waals surface area contributed by atoms with E-state index in [-0.39, 0.29) is 11.9 Å². The second kappa shape index (κ2) is 6.76. The highest BCUT2D eigenvalue weighted by atomic mass is 79.9. The van der Waals surface area contributed by atoms with Gasteiger partial charge in [0.05, 0.1) is 23.4 Å². The quantitative estimate of drug-likeness (QED) is 0.872. The van der Waals surface area contributed by atoms with Crippen molar-refractivity contribution in [1.29, 1.82) is 0 Å². The summed E-state index contributed by atoms with van der Waals surface area (Å²) in [4.78, 5) is 25.7. The summed E-state index contributed by atoms with van der Waals surface area (Å²) >= 11 is 3.41. The van der Waals surface area contributed by atoms with Gasteiger partial charge in [-0.1, -0.05) is 22.0 Å². The fraction of sp³-hybridized carbons (Fsp3) is 0.353. The van der Waals surface area contributed by atoms with Gasteiger partial charge in [0.25, 0.3) is 5.91 Å². The Morgan fingerprint density at radius 2 is 2.17 bits per heavy atom. The number of aromatic nitrogens is 2. The van der Waals surface area contributed by atoms with E-state index in [2.05, 4.69) is 21.0 Å². The summed E-state index contributed by atoms with van der Waals surface area (Å²) in [6.45, 7) is 2.38. The van der Waals surface area contributed by atoms with Crippen molar-refractivity contribution in [2.75, 3.05) is 6.54 Å². The number of carboxylic acids is 1. The van der Waals surface area contributed by atoms with Gasteiger partial charge in [-0.25, -0.2) is 4.68 Å². The Bertz CT molecular complexity index is 774. The maximum absolute atomic E-state index is 12.8. The van der Waals surface area contributed by atoms with Gasteiger partial charge in [0, 0.05) is 23.3 Å². The fourth-order valence-electron chi connectivity index (χ4n) is 3.12. The van der Waals surface area contributed by atoms with Crippen LogP contribution in [0.1, 0.15) is 30.1 Å². The van der Waals surface area contributed by atoms with E-state index in [9.17, 15) is 14.7 Å². The van der Waals surface area contributed by atoms with Crippen molar-refractivity contribution in [2.24, 2.45) is 5.92 Å². The van der Waals surface area contributed by atoms with Gasteiger partial charge in [-0.15, -0.1) is 0 Å². The number of hydrogen-bond acceptors (Lipinski definition) is 3. The van der Waals surface area contributed by atoms with Gasteiger partial charge in [0.2, 0.25) is 0 Å². The normalized spacial score (nSPS) is 20.8. The summed E-state index contributed by atoms with van der Waals surface area (Å²) in [7, 11) is 0. The molecule has 2 atom stereocenters. The SMILES string of the molecule is C[C@@H]1[C@H](C(=O)O)CCCN1C(=O)c1cnn(-c2cccc(Br)c2)c1. The maximum atomic E-state index is 12.8. The van der Waals surface area contributed by atoms with Crippen LogP contribution in [0.2, 0.25) is 0 Å². The lowest BCUT2D eigenvalue weighted by Gasteiger charge is -2.37. The Kier molecular flexibility index (Phi) is 4.71. The number of benzene rings is 1. The standard InChI is InChI=1S/C17H18BrN3O3/c1-11-15(17(23)24)6-3-7-20(11)16(22)12-9-19-21(10-12)14-5-2-4-13(18)8-14/h2,4-5,8-11,15H,3,6-7H2,1H3,(H,23,24)/t11-,15-/m1/s1. The molecule has 0 radical (unpaired) electrons. The van der Waals surface area contributed by atoms with Crippen LogP contribution in [-0.4, -0.2) is 44.3 Å². The van der Waals surface area contributed by atoms with E-state index >= 15 is 0 Å². The zero-order valence-corrected chi connectivity index (χ0v) is 14.8. The largest absolute Gasteiger partial charge is 0.481 e. The predicted octanol–water partition coefficient (Wildman–Crippen LogP) is 2.96. The number of amides is 1. The molecule has 1 aliphatic rings. The molecule has 2 aromatic rings. The zero-order chi connectivity index (χ0) is 17.3. The topological polar surface area (TPSA) is 75.4 Å². The molecular weight excluding hydrogens is 374 g/mol. The monoisotopic (exact) mass is 391 g/mol. The molecule has 1 aromatic heterocycles. The molecule has 7 heteroatoms. The van der Waals surface area contributed by atoms with Crippen LogP contribution >= 0.6 is 15.9 Å². The Labute approximate surface area is 148 Å². The van der Waals surface area contributed by atoms with E-state index in [0.29, 0.717) is 24.9 Å². The third-order valence-corrected chi connectivity index (χ3v) is 4.96. The van der Waals surface area contributed by atoms with Crippen molar-refractivity contribution in [2.45, 2.75) is 25.8 Å². The second-order valence-electron chi connectivity index (χ2n) is 5.98. The summed E-state index contributed by atoms with van der Waals surface area (Å²) in [5.41, 5.74) is 1.31. The summed E-state index contributed by atoms with van der Waals surface area (Å²) < 4.78 is 2.57. The van der Waals surface area contributed by atoms with Gasteiger partial charge in [-0.05, 0) is 38.0 Å². The van der Waals surface area contributed by atoms with E-state index < -0.39 is 11.9 Å². The molecule has 0 spiro atoms. The Balaban J connectivity index is 1.82. The van der Waals surface area contributed by atoms with Gasteiger partial charge in [0.15, 0.2) is 0 Å². The van der Waals surface area contributed by atoms with Crippen LogP contribution in [0.3, 0.4) is 0 Å². The number of aliphatic carboxylic acids is 1. The first-order valence-electron chi connectivity index (χ1n) is 7.82. The Hall–Kier alpha value is -2.15. The van der Waals surface area contributed by atoms with Crippen molar-refractivity contribution < 1.29 is 14.7 Å². The molecule has 1 aliphatic heterocycles. The molecule has 1 fully saturated rings. The van der Waals surface area contributed by atoms with Crippen LogP contribution in [-0.2, 0) is 4.79 Å². The molecule has 0 saturated carbocycles. The van der Waals surface area contributed by atoms with Crippen LogP contribution in [0.15, 0.2) is 41.1 Å². The average Bonchev–Trinajstić information content (AvgIpc) is 3.04. The molecule has 24 heavy (non-hydrogen) atoms. The minimum Gasteiger partial charge on any atom is -0.481 e. The first kappa shape index (κ1) is 16.7. The molecule has 0 aliphatic carbocycles. The molecule has 6 nitrogen and oxygen atoms in total. The summed E-state index contributed by atoms with van der Waals surface area (Å²) in [5.74, 6) is -1.53. The van der Waals surface area contributed by atoms with Crippen molar-refractivity contribution >= 4 is 27.8 Å². The highest BCUT2D eigenvalue weighted by molar-refractivity contribution is 9.10. The minimum atomic E-state index is -0.843. The van der Waals surface area contributed by atoms with Crippen LogP contribution in [0.4, 0.5) is 0 Å². The van der Waals surface area contributed by atoms with Gasteiger partial charge in [0.1, 0.15) is 0 Å². The van der Waals surface area contributed by atoms with Crippen LogP contribution in [0.25, 0.3) is 5.69 Å². The van der Waals surface area contributed by atoms with Gasteiger partial charge < -0.3 is 10.0 Å². The highest BCUT2D eigenvalue weighted by Gasteiger charge is 2.35. The Morgan fingerprint density at radius 1 is 1.38 bits per heavy atom. The third-order valence-electron chi connectivity index (χ3n) is 4.47. The molecule has 2 heterocycles. The van der Waals surface area contributed by atoms with E-state index in [4.69, 9.17) is 0 Å². The molecule has 3 rings (SSSR count). The van der Waals surface area contributed by atoms with E-state index in [1.807, 2.05) is 24.3 Å². The minimum absolute atomic E-state index is 0.172. The van der Waals surface area contributed by atoms with Gasteiger partial charge in [-0.2, -0.15) is 5.10 Å². The van der Waals surface area contributed by atoms with Crippen molar-refractivity contribution in [3.05, 3.63) is 46.7 Å². The number of likely N-dealkylation sites (tertiary alicyclic amines) is 1. The first-order chi connectivity index (χ1) is 11.5. The molecule has 126 valence electrons. The molecule has 1 aromatic carbocycles. The number of carboxylic acid groups (broad SMARTS) is 1. The van der Waals surface area contributed by atoms with E-state index in [1.54, 1.807) is 22.7 Å². The van der Waals surface area contributed by atoms with Crippen LogP contribution in [0.5, 0.6) is 0 Å². The van der Waals surface area contributed by atoms with Crippen LogP contribution < -0.4 is 0 Å². The molecule has 0 bridgehead atoms. The molecule has 1 amide bonds. The number of halogens is 1. The number of carbonyl (C=O) groups is 2. The maximum Gasteiger partial charge on any atom is 0.308 e. The second-order valence-corrected chi connectivity index (χ2v) is 6.90. The lowest BCUT2D eigenvalue weighted by molar-refractivity contribution is -0.144. The summed E-state index contributed by atoms with van der Waals surface area (Å²) in [6.07, 6.45) is 4.52. The fourth-order valence-corrected chi connectivity index (χ4v) is 3.51. The number of hydrogen-bond donors (Lipinski definition) is 1. The van der Waals surface area contributed by atoms with E-state index in [1.165, 1.54) is 6.20 Å². The molecule has 0 unspecified atom stereocenters. The summed E-state index contributed by atoms with van der Waals surface area (Å²) in [5, 5.41) is 13.6. The predicted molar refractivity (Wildman–Crippen MR) is 92.1 cm³/mol. The lowest BCUT2D eigenvalue weighted by Crippen LogP contribution is -2.49. The molecular formula is C17H18BrN3O3. The molecule has 1 N–H and O–H groups in total. The molecule has 1 saturated heterocycles.